The van der Waals surface area contributed by atoms with E-state index in [4.69, 9.17) is 0 Å². The molecule has 0 aliphatic rings. The molecule has 1 aromatic heterocycles. The highest BCUT2D eigenvalue weighted by Crippen LogP contribution is 2.23. The first kappa shape index (κ1) is 9.32. The summed E-state index contributed by atoms with van der Waals surface area (Å²) in [6.07, 6.45) is 1.39. The Morgan fingerprint density at radius 3 is 2.80 bits per heavy atom. The molecule has 0 aliphatic heterocycles. The van der Waals surface area contributed by atoms with Gasteiger partial charge in [0, 0.05) is 17.2 Å². The molecule has 15 heavy (non-hydrogen) atoms. The Morgan fingerprint density at radius 1 is 1.47 bits per heavy atom. The van der Waals surface area contributed by atoms with Gasteiger partial charge in [-0.2, -0.15) is 5.10 Å². The first-order valence-corrected chi connectivity index (χ1v) is 4.29. The second-order valence-electron chi connectivity index (χ2n) is 3.09. The van der Waals surface area contributed by atoms with Gasteiger partial charge < -0.3 is 0 Å². The highest BCUT2D eigenvalue weighted by Gasteiger charge is 2.11. The largest absolute Gasteiger partial charge is 0.272 e. The van der Waals surface area contributed by atoms with Gasteiger partial charge in [0.25, 0.3) is 5.69 Å². The Morgan fingerprint density at radius 2 is 2.27 bits per heavy atom. The van der Waals surface area contributed by atoms with Crippen LogP contribution in [0.4, 0.5) is 5.69 Å². The number of aromatic nitrogens is 3. The minimum absolute atomic E-state index is 0.110. The molecule has 2 aromatic rings. The first-order chi connectivity index (χ1) is 7.18. The number of aromatic amines is 1. The van der Waals surface area contributed by atoms with Gasteiger partial charge >= 0.3 is 0 Å². The van der Waals surface area contributed by atoms with E-state index in [0.29, 0.717) is 11.4 Å². The van der Waals surface area contributed by atoms with Crippen LogP contribution >= 0.6 is 0 Å². The Kier molecular flexibility index (Phi) is 2.17. The fraction of sp³-hybridized carbons (Fsp3) is 0.111. The Hall–Kier alpha value is -2.24. The quantitative estimate of drug-likeness (QED) is 0.595. The van der Waals surface area contributed by atoms with E-state index in [9.17, 15) is 10.1 Å². The molecule has 0 amide bonds. The van der Waals surface area contributed by atoms with E-state index in [1.165, 1.54) is 12.4 Å². The van der Waals surface area contributed by atoms with E-state index in [2.05, 4.69) is 15.2 Å². The number of nitro groups is 1. The van der Waals surface area contributed by atoms with E-state index < -0.39 is 4.92 Å². The fourth-order valence-corrected chi connectivity index (χ4v) is 1.35. The van der Waals surface area contributed by atoms with Gasteiger partial charge in [-0.3, -0.25) is 15.2 Å². The van der Waals surface area contributed by atoms with Crippen LogP contribution in [-0.2, 0) is 0 Å². The van der Waals surface area contributed by atoms with Gasteiger partial charge in [0.15, 0.2) is 5.82 Å². The predicted molar refractivity (Wildman–Crippen MR) is 53.2 cm³/mol. The number of aryl methyl sites for hydroxylation is 1. The number of rotatable bonds is 2. The van der Waals surface area contributed by atoms with Crippen LogP contribution in [0.25, 0.3) is 11.4 Å². The normalized spacial score (nSPS) is 10.2. The second kappa shape index (κ2) is 3.49. The lowest BCUT2D eigenvalue weighted by Crippen LogP contribution is -1.92. The average Bonchev–Trinajstić information content (AvgIpc) is 2.69. The fourth-order valence-electron chi connectivity index (χ4n) is 1.35. The lowest BCUT2D eigenvalue weighted by Gasteiger charge is -1.99. The zero-order valence-electron chi connectivity index (χ0n) is 7.97. The van der Waals surface area contributed by atoms with Crippen LogP contribution in [-0.4, -0.2) is 20.1 Å². The van der Waals surface area contributed by atoms with Crippen molar-refractivity contribution in [3.05, 3.63) is 40.2 Å². The molecule has 0 saturated carbocycles. The summed E-state index contributed by atoms with van der Waals surface area (Å²) in [5, 5.41) is 17.0. The van der Waals surface area contributed by atoms with Crippen molar-refractivity contribution in [2.75, 3.05) is 0 Å². The number of hydrogen-bond donors (Lipinski definition) is 1. The molecule has 2 rings (SSSR count). The summed E-state index contributed by atoms with van der Waals surface area (Å²) in [7, 11) is 0. The molecule has 1 N–H and O–H groups in total. The van der Waals surface area contributed by atoms with Gasteiger partial charge in [0.05, 0.1) is 4.92 Å². The molecule has 6 nitrogen and oxygen atoms in total. The summed E-state index contributed by atoms with van der Waals surface area (Å²) in [4.78, 5) is 14.2. The van der Waals surface area contributed by atoms with Crippen LogP contribution in [0, 0.1) is 17.0 Å². The summed E-state index contributed by atoms with van der Waals surface area (Å²) < 4.78 is 0. The first-order valence-electron chi connectivity index (χ1n) is 4.29. The van der Waals surface area contributed by atoms with Crippen LogP contribution < -0.4 is 0 Å². The number of hydrogen-bond acceptors (Lipinski definition) is 4. The molecule has 0 aliphatic carbocycles. The molecule has 0 saturated heterocycles. The molecular weight excluding hydrogens is 196 g/mol. The molecule has 0 unspecified atom stereocenters. The van der Waals surface area contributed by atoms with Gasteiger partial charge in [-0.25, -0.2) is 4.98 Å². The molecule has 0 atom stereocenters. The third-order valence-corrected chi connectivity index (χ3v) is 2.08. The summed E-state index contributed by atoms with van der Waals surface area (Å²) in [5.74, 6) is 0.605. The van der Waals surface area contributed by atoms with Gasteiger partial charge in [-0.1, -0.05) is 0 Å². The van der Waals surface area contributed by atoms with Crippen molar-refractivity contribution in [2.24, 2.45) is 0 Å². The minimum Gasteiger partial charge on any atom is -0.259 e. The SMILES string of the molecule is Cc1cc(-c2ncn[nH]2)ccc1[N+](=O)[O-]. The van der Waals surface area contributed by atoms with Gasteiger partial charge in [-0.15, -0.1) is 0 Å². The molecule has 0 radical (unpaired) electrons. The Labute approximate surface area is 85.1 Å². The van der Waals surface area contributed by atoms with E-state index in [0.717, 1.165) is 5.56 Å². The predicted octanol–water partition coefficient (Wildman–Crippen LogP) is 1.69. The summed E-state index contributed by atoms with van der Waals surface area (Å²) in [6.45, 7) is 1.69. The standard InChI is InChI=1S/C9H8N4O2/c1-6-4-7(9-10-5-11-12-9)2-3-8(6)13(14)15/h2-5H,1H3,(H,10,11,12). The highest BCUT2D eigenvalue weighted by atomic mass is 16.6. The average molecular weight is 204 g/mol. The summed E-state index contributed by atoms with van der Waals surface area (Å²) >= 11 is 0. The molecule has 0 bridgehead atoms. The number of H-pyrrole nitrogens is 1. The number of nitro benzene ring substituents is 1. The Bertz CT molecular complexity index is 493. The van der Waals surface area contributed by atoms with Crippen molar-refractivity contribution in [3.8, 4) is 11.4 Å². The maximum atomic E-state index is 10.6. The van der Waals surface area contributed by atoms with E-state index in [1.807, 2.05) is 0 Å². The van der Waals surface area contributed by atoms with Gasteiger partial charge in [0.1, 0.15) is 6.33 Å². The molecule has 1 aromatic carbocycles. The zero-order valence-corrected chi connectivity index (χ0v) is 7.97. The van der Waals surface area contributed by atoms with E-state index in [1.54, 1.807) is 19.1 Å². The van der Waals surface area contributed by atoms with Crippen LogP contribution in [0.5, 0.6) is 0 Å². The third kappa shape index (κ3) is 1.69. The molecule has 1 heterocycles. The van der Waals surface area contributed by atoms with Crippen molar-refractivity contribution in [1.29, 1.82) is 0 Å². The number of nitrogens with one attached hydrogen (secondary N) is 1. The summed E-state index contributed by atoms with van der Waals surface area (Å²) in [5.41, 5.74) is 1.50. The lowest BCUT2D eigenvalue weighted by atomic mass is 10.1. The van der Waals surface area contributed by atoms with Crippen molar-refractivity contribution in [1.82, 2.24) is 15.2 Å². The molecular formula is C9H8N4O2. The number of nitrogens with zero attached hydrogens (tertiary/aromatic N) is 3. The van der Waals surface area contributed by atoms with Crippen LogP contribution in [0.15, 0.2) is 24.5 Å². The zero-order chi connectivity index (χ0) is 10.8. The smallest absolute Gasteiger partial charge is 0.259 e. The van der Waals surface area contributed by atoms with Crippen molar-refractivity contribution >= 4 is 5.69 Å². The highest BCUT2D eigenvalue weighted by molar-refractivity contribution is 5.59. The maximum absolute atomic E-state index is 10.6. The second-order valence-corrected chi connectivity index (χ2v) is 3.09. The van der Waals surface area contributed by atoms with Crippen LogP contribution in [0.3, 0.4) is 0 Å². The topological polar surface area (TPSA) is 84.7 Å². The van der Waals surface area contributed by atoms with Crippen LogP contribution in [0.2, 0.25) is 0 Å². The molecule has 0 fully saturated rings. The van der Waals surface area contributed by atoms with E-state index >= 15 is 0 Å². The molecule has 0 spiro atoms. The van der Waals surface area contributed by atoms with Crippen molar-refractivity contribution < 1.29 is 4.92 Å². The molecule has 76 valence electrons. The number of benzene rings is 1. The third-order valence-electron chi connectivity index (χ3n) is 2.08. The van der Waals surface area contributed by atoms with E-state index in [-0.39, 0.29) is 5.69 Å². The van der Waals surface area contributed by atoms with Gasteiger partial charge in [-0.05, 0) is 19.1 Å². The van der Waals surface area contributed by atoms with Crippen molar-refractivity contribution in [3.63, 3.8) is 0 Å². The lowest BCUT2D eigenvalue weighted by molar-refractivity contribution is -0.385. The minimum atomic E-state index is -0.403. The van der Waals surface area contributed by atoms with Gasteiger partial charge in [0.2, 0.25) is 0 Å². The van der Waals surface area contributed by atoms with Crippen LogP contribution in [0.1, 0.15) is 5.56 Å². The summed E-state index contributed by atoms with van der Waals surface area (Å²) in [6, 6.07) is 4.82. The Balaban J connectivity index is 2.47. The maximum Gasteiger partial charge on any atom is 0.272 e. The monoisotopic (exact) mass is 204 g/mol. The molecule has 6 heteroatoms. The van der Waals surface area contributed by atoms with Crippen molar-refractivity contribution in [2.45, 2.75) is 6.92 Å².